The van der Waals surface area contributed by atoms with Crippen molar-refractivity contribution in [2.45, 2.75) is 65.7 Å². The highest BCUT2D eigenvalue weighted by molar-refractivity contribution is 9.09. The molecule has 0 aliphatic heterocycles. The monoisotopic (exact) mass is 304 g/mol. The second kappa shape index (κ2) is 7.13. The average molecular weight is 305 g/mol. The fourth-order valence-electron chi connectivity index (χ4n) is 2.46. The van der Waals surface area contributed by atoms with Crippen molar-refractivity contribution in [3.8, 4) is 0 Å². The third-order valence-corrected chi connectivity index (χ3v) is 5.04. The maximum absolute atomic E-state index is 5.97. The molecule has 0 N–H and O–H groups in total. The van der Waals surface area contributed by atoms with E-state index in [4.69, 9.17) is 4.74 Å². The molecule has 0 amide bonds. The third kappa shape index (κ3) is 6.24. The Morgan fingerprint density at radius 3 is 2.12 bits per heavy atom. The molecule has 1 fully saturated rings. The second-order valence-corrected chi connectivity index (χ2v) is 7.47. The van der Waals surface area contributed by atoms with Crippen molar-refractivity contribution < 1.29 is 4.74 Å². The molecule has 1 aliphatic rings. The van der Waals surface area contributed by atoms with Gasteiger partial charge in [-0.15, -0.1) is 0 Å². The number of hydrogen-bond acceptors (Lipinski definition) is 1. The molecule has 2 heteroatoms. The lowest BCUT2D eigenvalue weighted by molar-refractivity contribution is 0.0352. The first-order valence-electron chi connectivity index (χ1n) is 7.11. The van der Waals surface area contributed by atoms with E-state index in [2.05, 4.69) is 36.7 Å². The van der Waals surface area contributed by atoms with E-state index in [9.17, 15) is 0 Å². The quantitative estimate of drug-likeness (QED) is 0.386. The molecule has 1 nitrogen and oxygen atoms in total. The predicted molar refractivity (Wildman–Crippen MR) is 78.8 cm³/mol. The van der Waals surface area contributed by atoms with Gasteiger partial charge in [-0.25, -0.2) is 0 Å². The number of alkyl halides is 1. The summed E-state index contributed by atoms with van der Waals surface area (Å²) in [4.78, 5) is 0. The van der Waals surface area contributed by atoms with Crippen molar-refractivity contribution >= 4 is 15.9 Å². The van der Waals surface area contributed by atoms with Crippen LogP contribution in [0.1, 0.15) is 65.7 Å². The molecule has 102 valence electrons. The summed E-state index contributed by atoms with van der Waals surface area (Å²) < 4.78 is 5.97. The lowest BCUT2D eigenvalue weighted by Crippen LogP contribution is -2.29. The van der Waals surface area contributed by atoms with Gasteiger partial charge in [-0.05, 0) is 24.7 Å². The molecular formula is C15H29BrO. The van der Waals surface area contributed by atoms with Gasteiger partial charge in [-0.1, -0.05) is 62.4 Å². The smallest absolute Gasteiger partial charge is 0.0530 e. The maximum Gasteiger partial charge on any atom is 0.0530 e. The van der Waals surface area contributed by atoms with Crippen molar-refractivity contribution in [1.29, 1.82) is 0 Å². The van der Waals surface area contributed by atoms with E-state index >= 15 is 0 Å². The van der Waals surface area contributed by atoms with E-state index in [0.717, 1.165) is 25.0 Å². The number of hydrogen-bond donors (Lipinski definition) is 0. The van der Waals surface area contributed by atoms with Crippen LogP contribution in [0, 0.1) is 10.8 Å². The molecule has 1 rings (SSSR count). The number of rotatable bonds is 5. The minimum atomic E-state index is 0.394. The molecule has 0 saturated heterocycles. The first-order valence-corrected chi connectivity index (χ1v) is 8.23. The van der Waals surface area contributed by atoms with Crippen molar-refractivity contribution in [3.05, 3.63) is 0 Å². The fourth-order valence-corrected chi connectivity index (χ4v) is 3.18. The molecule has 0 aromatic heterocycles. The molecule has 0 atom stereocenters. The summed E-state index contributed by atoms with van der Waals surface area (Å²) in [5, 5.41) is 1.11. The largest absolute Gasteiger partial charge is 0.381 e. The van der Waals surface area contributed by atoms with Gasteiger partial charge in [0.05, 0.1) is 6.61 Å². The molecule has 17 heavy (non-hydrogen) atoms. The highest BCUT2D eigenvalue weighted by Crippen LogP contribution is 2.37. The summed E-state index contributed by atoms with van der Waals surface area (Å²) in [6, 6.07) is 0. The van der Waals surface area contributed by atoms with E-state index in [1.54, 1.807) is 0 Å². The summed E-state index contributed by atoms with van der Waals surface area (Å²) in [7, 11) is 0. The van der Waals surface area contributed by atoms with Crippen molar-refractivity contribution in [2.24, 2.45) is 10.8 Å². The molecular weight excluding hydrogens is 276 g/mol. The predicted octanol–water partition coefficient (Wildman–Crippen LogP) is 5.17. The first-order chi connectivity index (χ1) is 7.97. The third-order valence-electron chi connectivity index (χ3n) is 3.85. The standard InChI is InChI=1S/C15H29BrO/c1-14(2,3)10-11-17-13-15(12-16)8-6-4-5-7-9-15/h4-13H2,1-3H3. The van der Waals surface area contributed by atoms with Gasteiger partial charge in [-0.2, -0.15) is 0 Å². The van der Waals surface area contributed by atoms with Crippen LogP contribution in [0.4, 0.5) is 0 Å². The summed E-state index contributed by atoms with van der Waals surface area (Å²) in [6.07, 6.45) is 9.43. The topological polar surface area (TPSA) is 9.23 Å². The fraction of sp³-hybridized carbons (Fsp3) is 1.00. The van der Waals surface area contributed by atoms with Gasteiger partial charge in [0.15, 0.2) is 0 Å². The molecule has 1 aliphatic carbocycles. The summed E-state index contributed by atoms with van der Waals surface area (Å²) in [6.45, 7) is 8.71. The van der Waals surface area contributed by atoms with Crippen LogP contribution in [-0.2, 0) is 4.74 Å². The van der Waals surface area contributed by atoms with Crippen LogP contribution in [0.3, 0.4) is 0 Å². The van der Waals surface area contributed by atoms with Gasteiger partial charge in [-0.3, -0.25) is 0 Å². The number of halogens is 1. The number of ether oxygens (including phenoxy) is 1. The molecule has 0 unspecified atom stereocenters. The zero-order valence-corrected chi connectivity index (χ0v) is 13.4. The summed E-state index contributed by atoms with van der Waals surface area (Å²) in [5.41, 5.74) is 0.819. The van der Waals surface area contributed by atoms with Crippen LogP contribution in [0.2, 0.25) is 0 Å². The Morgan fingerprint density at radius 1 is 1.06 bits per heavy atom. The van der Waals surface area contributed by atoms with Gasteiger partial charge >= 0.3 is 0 Å². The van der Waals surface area contributed by atoms with E-state index in [1.165, 1.54) is 38.5 Å². The van der Waals surface area contributed by atoms with Gasteiger partial charge in [0.25, 0.3) is 0 Å². The van der Waals surface area contributed by atoms with Crippen LogP contribution < -0.4 is 0 Å². The van der Waals surface area contributed by atoms with E-state index in [1.807, 2.05) is 0 Å². The molecule has 0 spiro atoms. The molecule has 0 aromatic carbocycles. The lowest BCUT2D eigenvalue weighted by Gasteiger charge is -2.31. The van der Waals surface area contributed by atoms with Crippen LogP contribution in [0.25, 0.3) is 0 Å². The van der Waals surface area contributed by atoms with Gasteiger partial charge < -0.3 is 4.74 Å². The summed E-state index contributed by atoms with van der Waals surface area (Å²) >= 11 is 3.71. The zero-order chi connectivity index (χ0) is 12.8. The first kappa shape index (κ1) is 15.5. The van der Waals surface area contributed by atoms with Gasteiger partial charge in [0.2, 0.25) is 0 Å². The van der Waals surface area contributed by atoms with E-state index in [-0.39, 0.29) is 0 Å². The van der Waals surface area contributed by atoms with Crippen LogP contribution in [-0.4, -0.2) is 18.5 Å². The zero-order valence-electron chi connectivity index (χ0n) is 11.9. The van der Waals surface area contributed by atoms with Crippen LogP contribution in [0.15, 0.2) is 0 Å². The second-order valence-electron chi connectivity index (χ2n) is 6.91. The lowest BCUT2D eigenvalue weighted by atomic mass is 9.83. The van der Waals surface area contributed by atoms with E-state index < -0.39 is 0 Å². The molecule has 1 saturated carbocycles. The minimum absolute atomic E-state index is 0.394. The van der Waals surface area contributed by atoms with E-state index in [0.29, 0.717) is 10.8 Å². The highest BCUT2D eigenvalue weighted by atomic mass is 79.9. The summed E-state index contributed by atoms with van der Waals surface area (Å²) in [5.74, 6) is 0. The normalized spacial score (nSPS) is 21.2. The van der Waals surface area contributed by atoms with Crippen molar-refractivity contribution in [2.75, 3.05) is 18.5 Å². The molecule has 0 bridgehead atoms. The molecule has 0 heterocycles. The van der Waals surface area contributed by atoms with Gasteiger partial charge in [0.1, 0.15) is 0 Å². The average Bonchev–Trinajstić information content (AvgIpc) is 2.49. The SMILES string of the molecule is CC(C)(C)CCOCC1(CBr)CCCCCC1. The molecule has 0 radical (unpaired) electrons. The van der Waals surface area contributed by atoms with Crippen LogP contribution >= 0.6 is 15.9 Å². The van der Waals surface area contributed by atoms with Crippen molar-refractivity contribution in [1.82, 2.24) is 0 Å². The Bertz CT molecular complexity index is 199. The maximum atomic E-state index is 5.97. The van der Waals surface area contributed by atoms with Crippen molar-refractivity contribution in [3.63, 3.8) is 0 Å². The minimum Gasteiger partial charge on any atom is -0.381 e. The highest BCUT2D eigenvalue weighted by Gasteiger charge is 2.30. The Balaban J connectivity index is 2.30. The van der Waals surface area contributed by atoms with Crippen LogP contribution in [0.5, 0.6) is 0 Å². The van der Waals surface area contributed by atoms with Gasteiger partial charge in [0, 0.05) is 17.4 Å². The molecule has 0 aromatic rings. The Kier molecular flexibility index (Phi) is 6.50. The Hall–Kier alpha value is 0.440. The Labute approximate surface area is 116 Å². The Morgan fingerprint density at radius 2 is 1.65 bits per heavy atom.